The molecule has 0 aliphatic carbocycles. The van der Waals surface area contributed by atoms with Crippen LogP contribution in [0.2, 0.25) is 0 Å². The van der Waals surface area contributed by atoms with Crippen molar-refractivity contribution in [2.45, 2.75) is 25.8 Å². The zero-order valence-corrected chi connectivity index (χ0v) is 22.7. The third kappa shape index (κ3) is 6.22. The van der Waals surface area contributed by atoms with Crippen molar-refractivity contribution in [3.05, 3.63) is 66.1 Å². The van der Waals surface area contributed by atoms with Gasteiger partial charge in [0.1, 0.15) is 17.1 Å². The SMILES string of the molecule is CNC(=O)c1c(C)oc2cc(Oc3ccnc(Nc4cccc(NC(=O)CN5CCC[C@H]5COC)c4)n3)ccc12. The van der Waals surface area contributed by atoms with Gasteiger partial charge in [-0.25, -0.2) is 4.98 Å². The second-order valence-electron chi connectivity index (χ2n) is 9.57. The molecule has 3 heterocycles. The van der Waals surface area contributed by atoms with Gasteiger partial charge in [0, 0.05) is 55.3 Å². The predicted molar refractivity (Wildman–Crippen MR) is 151 cm³/mol. The van der Waals surface area contributed by atoms with Crippen molar-refractivity contribution in [3.63, 3.8) is 0 Å². The number of rotatable bonds is 10. The van der Waals surface area contributed by atoms with E-state index in [-0.39, 0.29) is 17.9 Å². The van der Waals surface area contributed by atoms with Crippen molar-refractivity contribution in [3.8, 4) is 11.6 Å². The first-order chi connectivity index (χ1) is 19.4. The highest BCUT2D eigenvalue weighted by molar-refractivity contribution is 6.07. The van der Waals surface area contributed by atoms with Crippen LogP contribution in [-0.2, 0) is 9.53 Å². The van der Waals surface area contributed by atoms with Gasteiger partial charge in [0.25, 0.3) is 5.91 Å². The van der Waals surface area contributed by atoms with Crippen LogP contribution < -0.4 is 20.7 Å². The molecule has 3 N–H and O–H groups in total. The molecule has 208 valence electrons. The normalized spacial score (nSPS) is 15.2. The van der Waals surface area contributed by atoms with Gasteiger partial charge in [-0.1, -0.05) is 6.07 Å². The van der Waals surface area contributed by atoms with Crippen molar-refractivity contribution in [1.82, 2.24) is 20.2 Å². The van der Waals surface area contributed by atoms with Crippen LogP contribution in [0.15, 0.2) is 59.1 Å². The molecule has 4 aromatic rings. The molecule has 1 atom stereocenters. The molecule has 1 aliphatic heterocycles. The van der Waals surface area contributed by atoms with Crippen LogP contribution >= 0.6 is 0 Å². The zero-order valence-electron chi connectivity index (χ0n) is 22.7. The van der Waals surface area contributed by atoms with Crippen LogP contribution in [0.3, 0.4) is 0 Å². The number of carbonyl (C=O) groups is 2. The summed E-state index contributed by atoms with van der Waals surface area (Å²) >= 11 is 0. The molecule has 0 spiro atoms. The monoisotopic (exact) mass is 544 g/mol. The lowest BCUT2D eigenvalue weighted by atomic mass is 10.1. The van der Waals surface area contributed by atoms with Crippen molar-refractivity contribution in [1.29, 1.82) is 0 Å². The minimum absolute atomic E-state index is 0.0713. The highest BCUT2D eigenvalue weighted by Crippen LogP contribution is 2.31. The molecule has 0 unspecified atom stereocenters. The van der Waals surface area contributed by atoms with Gasteiger partial charge >= 0.3 is 0 Å². The molecule has 0 saturated carbocycles. The Kier molecular flexibility index (Phi) is 8.23. The number of aromatic nitrogens is 2. The highest BCUT2D eigenvalue weighted by Gasteiger charge is 2.26. The molecular weight excluding hydrogens is 512 g/mol. The number of fused-ring (bicyclic) bond motifs is 1. The Balaban J connectivity index is 1.23. The maximum Gasteiger partial charge on any atom is 0.255 e. The van der Waals surface area contributed by atoms with Crippen molar-refractivity contribution >= 4 is 40.1 Å². The van der Waals surface area contributed by atoms with Crippen LogP contribution in [0.4, 0.5) is 17.3 Å². The zero-order chi connectivity index (χ0) is 28.1. The largest absolute Gasteiger partial charge is 0.460 e. The lowest BCUT2D eigenvalue weighted by Crippen LogP contribution is -2.38. The summed E-state index contributed by atoms with van der Waals surface area (Å²) in [6.07, 6.45) is 3.69. The van der Waals surface area contributed by atoms with Crippen molar-refractivity contribution < 1.29 is 23.5 Å². The van der Waals surface area contributed by atoms with E-state index in [0.717, 1.165) is 19.4 Å². The Hall–Kier alpha value is -4.48. The third-order valence-electron chi connectivity index (χ3n) is 6.75. The number of anilines is 3. The molecule has 11 heteroatoms. The van der Waals surface area contributed by atoms with E-state index in [1.807, 2.05) is 24.3 Å². The summed E-state index contributed by atoms with van der Waals surface area (Å²) in [6, 6.07) is 14.5. The summed E-state index contributed by atoms with van der Waals surface area (Å²) in [5, 5.41) is 9.47. The Morgan fingerprint density at radius 1 is 1.15 bits per heavy atom. The van der Waals surface area contributed by atoms with Gasteiger partial charge in [-0.3, -0.25) is 14.5 Å². The minimum Gasteiger partial charge on any atom is -0.460 e. The molecule has 0 radical (unpaired) electrons. The van der Waals surface area contributed by atoms with Crippen molar-refractivity contribution in [2.24, 2.45) is 0 Å². The highest BCUT2D eigenvalue weighted by atomic mass is 16.5. The van der Waals surface area contributed by atoms with E-state index >= 15 is 0 Å². The number of nitrogens with one attached hydrogen (secondary N) is 3. The second kappa shape index (κ2) is 12.1. The summed E-state index contributed by atoms with van der Waals surface area (Å²) in [6.45, 7) is 3.60. The quantitative estimate of drug-likeness (QED) is 0.265. The first-order valence-corrected chi connectivity index (χ1v) is 13.1. The summed E-state index contributed by atoms with van der Waals surface area (Å²) in [7, 11) is 3.27. The summed E-state index contributed by atoms with van der Waals surface area (Å²) in [5.41, 5.74) is 2.42. The number of nitrogens with zero attached hydrogens (tertiary/aromatic N) is 3. The third-order valence-corrected chi connectivity index (χ3v) is 6.75. The van der Waals surface area contributed by atoms with Gasteiger partial charge in [-0.05, 0) is 56.6 Å². The van der Waals surface area contributed by atoms with Gasteiger partial charge in [0.2, 0.25) is 17.7 Å². The number of hydrogen-bond acceptors (Lipinski definition) is 9. The maximum absolute atomic E-state index is 12.7. The average Bonchev–Trinajstić information content (AvgIpc) is 3.51. The van der Waals surface area contributed by atoms with Crippen LogP contribution in [0.1, 0.15) is 29.0 Å². The Labute approximate surface area is 231 Å². The molecule has 1 saturated heterocycles. The van der Waals surface area contributed by atoms with Gasteiger partial charge in [0.15, 0.2) is 0 Å². The molecule has 2 aromatic heterocycles. The first kappa shape index (κ1) is 27.1. The number of furan rings is 1. The van der Waals surface area contributed by atoms with Crippen LogP contribution in [0.5, 0.6) is 11.6 Å². The van der Waals surface area contributed by atoms with E-state index < -0.39 is 0 Å². The molecule has 5 rings (SSSR count). The molecule has 40 heavy (non-hydrogen) atoms. The lowest BCUT2D eigenvalue weighted by Gasteiger charge is -2.23. The summed E-state index contributed by atoms with van der Waals surface area (Å²) in [5.74, 6) is 1.42. The number of methoxy groups -OCH3 is 1. The standard InChI is InChI=1S/C29H32N6O5/c1-18-27(28(37)30-2)23-10-9-22(15-24(23)39-18)40-26-11-12-31-29(34-26)33-20-7-4-6-19(14-20)32-25(36)16-35-13-5-8-21(35)17-38-3/h4,6-7,9-12,14-15,21H,5,8,13,16-17H2,1-3H3,(H,30,37)(H,32,36)(H,31,33,34)/t21-/m0/s1. The van der Waals surface area contributed by atoms with E-state index in [4.69, 9.17) is 13.9 Å². The molecule has 2 aromatic carbocycles. The number of amides is 2. The molecule has 1 aliphatic rings. The second-order valence-corrected chi connectivity index (χ2v) is 9.57. The fourth-order valence-corrected chi connectivity index (χ4v) is 4.92. The number of hydrogen-bond donors (Lipinski definition) is 3. The molecule has 1 fully saturated rings. The Morgan fingerprint density at radius 3 is 2.83 bits per heavy atom. The van der Waals surface area contributed by atoms with E-state index in [9.17, 15) is 9.59 Å². The first-order valence-electron chi connectivity index (χ1n) is 13.1. The Morgan fingerprint density at radius 2 is 2.00 bits per heavy atom. The smallest absolute Gasteiger partial charge is 0.255 e. The fraction of sp³-hybridized carbons (Fsp3) is 0.310. The van der Waals surface area contributed by atoms with Gasteiger partial charge in [-0.2, -0.15) is 4.98 Å². The molecule has 0 bridgehead atoms. The van der Waals surface area contributed by atoms with E-state index in [0.29, 0.717) is 64.4 Å². The van der Waals surface area contributed by atoms with E-state index in [1.165, 1.54) is 0 Å². The summed E-state index contributed by atoms with van der Waals surface area (Å²) < 4.78 is 17.0. The minimum atomic E-state index is -0.206. The van der Waals surface area contributed by atoms with E-state index in [1.54, 1.807) is 51.5 Å². The number of aryl methyl sites for hydroxylation is 1. The van der Waals surface area contributed by atoms with Gasteiger partial charge < -0.3 is 29.8 Å². The molecular formula is C29H32N6O5. The van der Waals surface area contributed by atoms with Crippen LogP contribution in [0.25, 0.3) is 11.0 Å². The van der Waals surface area contributed by atoms with Gasteiger partial charge in [0.05, 0.1) is 18.7 Å². The average molecular weight is 545 g/mol. The topological polar surface area (TPSA) is 131 Å². The number of likely N-dealkylation sites (tertiary alicyclic amines) is 1. The fourth-order valence-electron chi connectivity index (χ4n) is 4.92. The maximum atomic E-state index is 12.7. The van der Waals surface area contributed by atoms with Gasteiger partial charge in [-0.15, -0.1) is 0 Å². The predicted octanol–water partition coefficient (Wildman–Crippen LogP) is 4.48. The van der Waals surface area contributed by atoms with E-state index in [2.05, 4.69) is 30.8 Å². The van der Waals surface area contributed by atoms with Crippen LogP contribution in [0, 0.1) is 6.92 Å². The Bertz CT molecular complexity index is 1520. The molecule has 2 amide bonds. The van der Waals surface area contributed by atoms with Crippen LogP contribution in [-0.4, -0.2) is 66.6 Å². The summed E-state index contributed by atoms with van der Waals surface area (Å²) in [4.78, 5) is 35.8. The number of benzene rings is 2. The number of carbonyl (C=O) groups excluding carboxylic acids is 2. The lowest BCUT2D eigenvalue weighted by molar-refractivity contribution is -0.117. The molecule has 11 nitrogen and oxygen atoms in total. The number of ether oxygens (including phenoxy) is 2. The van der Waals surface area contributed by atoms with Crippen molar-refractivity contribution in [2.75, 3.05) is 44.5 Å².